The van der Waals surface area contributed by atoms with Crippen LogP contribution in [-0.2, 0) is 6.54 Å². The Morgan fingerprint density at radius 3 is 2.48 bits per heavy atom. The van der Waals surface area contributed by atoms with Gasteiger partial charge in [0.25, 0.3) is 0 Å². The fraction of sp³-hybridized carbons (Fsp3) is 0.368. The van der Waals surface area contributed by atoms with Crippen LogP contribution in [0.3, 0.4) is 0 Å². The van der Waals surface area contributed by atoms with Gasteiger partial charge in [0.15, 0.2) is 0 Å². The summed E-state index contributed by atoms with van der Waals surface area (Å²) in [6.45, 7) is 4.49. The van der Waals surface area contributed by atoms with E-state index in [2.05, 4.69) is 28.2 Å². The van der Waals surface area contributed by atoms with Gasteiger partial charge in [-0.2, -0.15) is 5.26 Å². The number of ether oxygens (including phenoxy) is 1. The summed E-state index contributed by atoms with van der Waals surface area (Å²) in [6.07, 6.45) is 0. The number of nitrogens with one attached hydrogen (secondary N) is 1. The number of hydrogen-bond donors (Lipinski definition) is 1. The van der Waals surface area contributed by atoms with Crippen LogP contribution in [0.5, 0.6) is 5.75 Å². The second kappa shape index (κ2) is 7.86. The van der Waals surface area contributed by atoms with Crippen LogP contribution in [0.15, 0.2) is 36.4 Å². The van der Waals surface area contributed by atoms with Gasteiger partial charge in [-0.1, -0.05) is 0 Å². The minimum absolute atomic E-state index is 0.511. The van der Waals surface area contributed by atoms with Gasteiger partial charge >= 0.3 is 0 Å². The molecule has 0 unspecified atom stereocenters. The van der Waals surface area contributed by atoms with E-state index >= 15 is 0 Å². The third kappa shape index (κ3) is 4.20. The Balaban J connectivity index is 1.72. The molecular weight excluding hydrogens is 314 g/mol. The maximum absolute atomic E-state index is 9.37. The van der Waals surface area contributed by atoms with Crippen molar-refractivity contribution in [3.8, 4) is 11.8 Å². The molecule has 1 aliphatic rings. The summed E-state index contributed by atoms with van der Waals surface area (Å²) in [7, 11) is 3.78. The fourth-order valence-corrected chi connectivity index (χ4v) is 2.83. The van der Waals surface area contributed by atoms with Gasteiger partial charge in [-0.15, -0.1) is 0 Å². The number of nitriles is 1. The highest BCUT2D eigenvalue weighted by Crippen LogP contribution is 2.19. The lowest BCUT2D eigenvalue weighted by Gasteiger charge is -2.33. The van der Waals surface area contributed by atoms with Crippen LogP contribution < -0.4 is 15.0 Å². The number of aromatic nitrogens is 1. The van der Waals surface area contributed by atoms with E-state index in [1.807, 2.05) is 36.4 Å². The molecule has 0 saturated carbocycles. The molecule has 1 N–H and O–H groups in total. The average Bonchev–Trinajstić information content (AvgIpc) is 2.67. The first-order valence-corrected chi connectivity index (χ1v) is 8.41. The number of hydrogen-bond acceptors (Lipinski definition) is 6. The molecule has 0 atom stereocenters. The molecule has 25 heavy (non-hydrogen) atoms. The van der Waals surface area contributed by atoms with Crippen LogP contribution in [0, 0.1) is 11.3 Å². The quantitative estimate of drug-likeness (QED) is 0.903. The van der Waals surface area contributed by atoms with Crippen molar-refractivity contribution in [2.45, 2.75) is 6.54 Å². The third-order valence-corrected chi connectivity index (χ3v) is 4.46. The second-order valence-corrected chi connectivity index (χ2v) is 6.15. The zero-order chi connectivity index (χ0) is 17.6. The molecule has 6 heteroatoms. The predicted octanol–water partition coefficient (Wildman–Crippen LogP) is 2.33. The Morgan fingerprint density at radius 2 is 1.84 bits per heavy atom. The van der Waals surface area contributed by atoms with Crippen LogP contribution in [0.25, 0.3) is 0 Å². The van der Waals surface area contributed by atoms with E-state index in [9.17, 15) is 5.26 Å². The van der Waals surface area contributed by atoms with Crippen LogP contribution in [0.2, 0.25) is 0 Å². The van der Waals surface area contributed by atoms with Crippen molar-refractivity contribution in [3.63, 3.8) is 0 Å². The SMILES string of the molecule is COc1ccc(NCc2nc(N3CCN(C)CC3)ccc2C#N)cc1. The van der Waals surface area contributed by atoms with Crippen molar-refractivity contribution in [1.29, 1.82) is 5.26 Å². The molecule has 3 rings (SSSR count). The zero-order valence-corrected chi connectivity index (χ0v) is 14.7. The largest absolute Gasteiger partial charge is 0.497 e. The number of benzene rings is 1. The summed E-state index contributed by atoms with van der Waals surface area (Å²) in [5.41, 5.74) is 2.35. The van der Waals surface area contributed by atoms with Gasteiger partial charge < -0.3 is 19.9 Å². The Hall–Kier alpha value is -2.78. The van der Waals surface area contributed by atoms with E-state index in [1.165, 1.54) is 0 Å². The molecule has 0 spiro atoms. The smallest absolute Gasteiger partial charge is 0.129 e. The standard InChI is InChI=1S/C19H23N5O/c1-23-9-11-24(12-10-23)19-8-3-15(13-20)18(22-19)14-21-16-4-6-17(25-2)7-5-16/h3-8,21H,9-12,14H2,1-2H3. The van der Waals surface area contributed by atoms with Crippen LogP contribution in [0.4, 0.5) is 11.5 Å². The average molecular weight is 337 g/mol. The summed E-state index contributed by atoms with van der Waals surface area (Å²) in [5.74, 6) is 1.76. The number of likely N-dealkylation sites (N-methyl/N-ethyl adjacent to an activating group) is 1. The zero-order valence-electron chi connectivity index (χ0n) is 14.7. The molecule has 1 fully saturated rings. The molecule has 0 radical (unpaired) electrons. The maximum atomic E-state index is 9.37. The molecule has 0 aliphatic carbocycles. The number of nitrogens with zero attached hydrogens (tertiary/aromatic N) is 4. The fourth-order valence-electron chi connectivity index (χ4n) is 2.83. The lowest BCUT2D eigenvalue weighted by molar-refractivity contribution is 0.312. The van der Waals surface area contributed by atoms with E-state index in [0.29, 0.717) is 12.1 Å². The van der Waals surface area contributed by atoms with Gasteiger partial charge in [-0.3, -0.25) is 0 Å². The molecular formula is C19H23N5O. The molecule has 2 heterocycles. The van der Waals surface area contributed by atoms with Crippen molar-refractivity contribution >= 4 is 11.5 Å². The lowest BCUT2D eigenvalue weighted by atomic mass is 10.2. The van der Waals surface area contributed by atoms with Crippen molar-refractivity contribution in [2.24, 2.45) is 0 Å². The topological polar surface area (TPSA) is 64.4 Å². The number of methoxy groups -OCH3 is 1. The van der Waals surface area contributed by atoms with E-state index in [-0.39, 0.29) is 0 Å². The second-order valence-electron chi connectivity index (χ2n) is 6.15. The van der Waals surface area contributed by atoms with E-state index < -0.39 is 0 Å². The summed E-state index contributed by atoms with van der Waals surface area (Å²) in [4.78, 5) is 9.33. The number of anilines is 2. The van der Waals surface area contributed by atoms with E-state index in [4.69, 9.17) is 9.72 Å². The molecule has 0 amide bonds. The minimum atomic E-state index is 0.511. The van der Waals surface area contributed by atoms with Gasteiger partial charge in [0.1, 0.15) is 17.6 Å². The first-order chi connectivity index (χ1) is 12.2. The van der Waals surface area contributed by atoms with Crippen LogP contribution in [0.1, 0.15) is 11.3 Å². The van der Waals surface area contributed by atoms with E-state index in [0.717, 1.165) is 49.1 Å². The van der Waals surface area contributed by atoms with Crippen molar-refractivity contribution in [1.82, 2.24) is 9.88 Å². The van der Waals surface area contributed by atoms with E-state index in [1.54, 1.807) is 7.11 Å². The van der Waals surface area contributed by atoms with Gasteiger partial charge in [-0.05, 0) is 43.4 Å². The summed E-state index contributed by atoms with van der Waals surface area (Å²) >= 11 is 0. The van der Waals surface area contributed by atoms with Gasteiger partial charge in [0.2, 0.25) is 0 Å². The highest BCUT2D eigenvalue weighted by Gasteiger charge is 2.16. The van der Waals surface area contributed by atoms with Crippen LogP contribution in [-0.4, -0.2) is 50.2 Å². The number of pyridine rings is 1. The highest BCUT2D eigenvalue weighted by molar-refractivity contribution is 5.49. The minimum Gasteiger partial charge on any atom is -0.497 e. The lowest BCUT2D eigenvalue weighted by Crippen LogP contribution is -2.44. The number of piperazine rings is 1. The molecule has 1 aromatic carbocycles. The molecule has 1 aromatic heterocycles. The molecule has 1 saturated heterocycles. The third-order valence-electron chi connectivity index (χ3n) is 4.46. The maximum Gasteiger partial charge on any atom is 0.129 e. The normalized spacial score (nSPS) is 14.8. The molecule has 6 nitrogen and oxygen atoms in total. The highest BCUT2D eigenvalue weighted by atomic mass is 16.5. The summed E-state index contributed by atoms with van der Waals surface area (Å²) in [5, 5.41) is 12.7. The Labute approximate surface area is 148 Å². The Morgan fingerprint density at radius 1 is 1.12 bits per heavy atom. The molecule has 130 valence electrons. The summed E-state index contributed by atoms with van der Waals surface area (Å²) in [6, 6.07) is 13.8. The van der Waals surface area contributed by atoms with Gasteiger partial charge in [0.05, 0.1) is 24.9 Å². The van der Waals surface area contributed by atoms with Gasteiger partial charge in [-0.25, -0.2) is 4.98 Å². The van der Waals surface area contributed by atoms with Crippen molar-refractivity contribution in [2.75, 3.05) is 50.6 Å². The predicted molar refractivity (Wildman–Crippen MR) is 99.0 cm³/mol. The first kappa shape index (κ1) is 17.1. The van der Waals surface area contributed by atoms with Gasteiger partial charge in [0, 0.05) is 31.9 Å². The Kier molecular flexibility index (Phi) is 5.36. The van der Waals surface area contributed by atoms with Crippen molar-refractivity contribution < 1.29 is 4.74 Å². The molecule has 2 aromatic rings. The first-order valence-electron chi connectivity index (χ1n) is 8.41. The monoisotopic (exact) mass is 337 g/mol. The number of rotatable bonds is 5. The molecule has 0 bridgehead atoms. The van der Waals surface area contributed by atoms with Crippen molar-refractivity contribution in [3.05, 3.63) is 47.7 Å². The van der Waals surface area contributed by atoms with Crippen LogP contribution >= 0.6 is 0 Å². The molecule has 1 aliphatic heterocycles. The Bertz CT molecular complexity index is 745. The summed E-state index contributed by atoms with van der Waals surface area (Å²) < 4.78 is 5.17.